The summed E-state index contributed by atoms with van der Waals surface area (Å²) in [6.45, 7) is 47.5. The molecule has 0 fully saturated rings. The third kappa shape index (κ3) is 121000. The minimum absolute atomic E-state index is 0.125. The molecular formula is C20H44O4. The SMILES string of the molecule is C=C.C=C.C=C.C=C.C=C.C=C.C=C.C=C.OCCO.OCCO. The van der Waals surface area contributed by atoms with Crippen LogP contribution in [0.5, 0.6) is 0 Å². The molecule has 0 aliphatic carbocycles. The van der Waals surface area contributed by atoms with Crippen molar-refractivity contribution in [1.82, 2.24) is 0 Å². The van der Waals surface area contributed by atoms with E-state index in [1.807, 2.05) is 0 Å². The fourth-order valence-corrected chi connectivity index (χ4v) is 0. The zero-order valence-corrected chi connectivity index (χ0v) is 15.9. The lowest BCUT2D eigenvalue weighted by molar-refractivity contribution is 0.186. The summed E-state index contributed by atoms with van der Waals surface area (Å²) >= 11 is 0. The van der Waals surface area contributed by atoms with Gasteiger partial charge in [0.1, 0.15) is 0 Å². The molecule has 0 aromatic heterocycles. The molecule has 0 saturated heterocycles. The van der Waals surface area contributed by atoms with Crippen LogP contribution in [-0.2, 0) is 0 Å². The number of aliphatic hydroxyl groups is 4. The summed E-state index contributed by atoms with van der Waals surface area (Å²) in [5, 5.41) is 30.5. The minimum Gasteiger partial charge on any atom is -0.394 e. The fraction of sp³-hybridized carbons (Fsp3) is 0.200. The zero-order valence-electron chi connectivity index (χ0n) is 15.9. The Morgan fingerprint density at radius 1 is 0.250 bits per heavy atom. The average Bonchev–Trinajstić information content (AvgIpc) is 2.79. The van der Waals surface area contributed by atoms with Crippen molar-refractivity contribution in [2.45, 2.75) is 0 Å². The van der Waals surface area contributed by atoms with Crippen LogP contribution < -0.4 is 0 Å². The first-order chi connectivity index (χ1) is 11.8. The van der Waals surface area contributed by atoms with Crippen molar-refractivity contribution in [1.29, 1.82) is 0 Å². The Hall–Kier alpha value is -2.24. The zero-order chi connectivity index (χ0) is 22.8. The second-order valence-corrected chi connectivity index (χ2v) is 0.894. The first kappa shape index (κ1) is 67.8. The largest absolute Gasteiger partial charge is 0.394 e. The number of hydrogen-bond acceptors (Lipinski definition) is 4. The fourth-order valence-electron chi connectivity index (χ4n) is 0. The smallest absolute Gasteiger partial charge is 0.0662 e. The van der Waals surface area contributed by atoms with Gasteiger partial charge in [0.15, 0.2) is 0 Å². The number of rotatable bonds is 2. The van der Waals surface area contributed by atoms with E-state index >= 15 is 0 Å². The van der Waals surface area contributed by atoms with E-state index in [1.165, 1.54) is 0 Å². The Balaban J connectivity index is -0.0000000116. The first-order valence-electron chi connectivity index (χ1n) is 6.26. The van der Waals surface area contributed by atoms with E-state index in [4.69, 9.17) is 20.4 Å². The number of hydrogen-bond donors (Lipinski definition) is 4. The molecule has 0 spiro atoms. The van der Waals surface area contributed by atoms with Gasteiger partial charge in [-0.2, -0.15) is 0 Å². The van der Waals surface area contributed by atoms with Crippen molar-refractivity contribution in [3.63, 3.8) is 0 Å². The van der Waals surface area contributed by atoms with Gasteiger partial charge < -0.3 is 20.4 Å². The van der Waals surface area contributed by atoms with E-state index in [2.05, 4.69) is 105 Å². The molecular weight excluding hydrogens is 304 g/mol. The summed E-state index contributed by atoms with van der Waals surface area (Å²) in [5.41, 5.74) is 0. The average molecular weight is 349 g/mol. The monoisotopic (exact) mass is 348 g/mol. The lowest BCUT2D eigenvalue weighted by Crippen LogP contribution is -1.85. The molecule has 0 unspecified atom stereocenters. The van der Waals surface area contributed by atoms with E-state index < -0.39 is 0 Å². The predicted octanol–water partition coefficient (Wildman–Crippen LogP) is 4.36. The van der Waals surface area contributed by atoms with Crippen LogP contribution in [0.25, 0.3) is 0 Å². The van der Waals surface area contributed by atoms with Crippen LogP contribution >= 0.6 is 0 Å². The summed E-state index contributed by atoms with van der Waals surface area (Å²) in [6, 6.07) is 0. The van der Waals surface area contributed by atoms with Crippen molar-refractivity contribution < 1.29 is 20.4 Å². The third-order valence-electron chi connectivity index (χ3n) is 0.200. The van der Waals surface area contributed by atoms with Crippen LogP contribution in [0, 0.1) is 0 Å². The molecule has 4 nitrogen and oxygen atoms in total. The standard InChI is InChI=1S/2C2H6O2.8C2H4/c2*3-1-2-4;8*1-2/h2*3-4H,1-2H2;8*1-2H2. The summed E-state index contributed by atoms with van der Waals surface area (Å²) < 4.78 is 0. The highest BCUT2D eigenvalue weighted by Gasteiger charge is 1.58. The molecule has 4 heteroatoms. The van der Waals surface area contributed by atoms with Crippen LogP contribution in [0.3, 0.4) is 0 Å². The second kappa shape index (κ2) is 2620. The Morgan fingerprint density at radius 3 is 0.292 bits per heavy atom. The van der Waals surface area contributed by atoms with E-state index in [1.54, 1.807) is 0 Å². The quantitative estimate of drug-likeness (QED) is 0.559. The van der Waals surface area contributed by atoms with Gasteiger partial charge in [0.2, 0.25) is 0 Å². The van der Waals surface area contributed by atoms with Crippen LogP contribution in [0.15, 0.2) is 105 Å². The maximum Gasteiger partial charge on any atom is 0.0662 e. The highest BCUT2D eigenvalue weighted by Crippen LogP contribution is 1.40. The number of aliphatic hydroxyl groups excluding tert-OH is 4. The molecule has 0 amide bonds. The first-order valence-corrected chi connectivity index (χ1v) is 6.26. The Kier molecular flexibility index (Phi) is 7390. The highest BCUT2D eigenvalue weighted by atomic mass is 16.3. The van der Waals surface area contributed by atoms with Crippen molar-refractivity contribution >= 4 is 0 Å². The Bertz CT molecular complexity index is 69.6. The maximum atomic E-state index is 7.62. The minimum atomic E-state index is -0.125. The molecule has 24 heavy (non-hydrogen) atoms. The lowest BCUT2D eigenvalue weighted by Gasteiger charge is -1.70. The van der Waals surface area contributed by atoms with Crippen LogP contribution in [0.4, 0.5) is 0 Å². The summed E-state index contributed by atoms with van der Waals surface area (Å²) in [5.74, 6) is 0. The van der Waals surface area contributed by atoms with Gasteiger partial charge >= 0.3 is 0 Å². The van der Waals surface area contributed by atoms with E-state index in [9.17, 15) is 0 Å². The van der Waals surface area contributed by atoms with Gasteiger partial charge in [-0.15, -0.1) is 105 Å². The normalized spacial score (nSPS) is 3.83. The van der Waals surface area contributed by atoms with Crippen LogP contribution in [0.1, 0.15) is 0 Å². The Morgan fingerprint density at radius 2 is 0.292 bits per heavy atom. The van der Waals surface area contributed by atoms with Crippen LogP contribution in [-0.4, -0.2) is 46.9 Å². The Labute approximate surface area is 152 Å². The summed E-state index contributed by atoms with van der Waals surface area (Å²) in [6.07, 6.45) is 0. The van der Waals surface area contributed by atoms with Crippen molar-refractivity contribution in [2.75, 3.05) is 26.4 Å². The second-order valence-electron chi connectivity index (χ2n) is 0.894. The van der Waals surface area contributed by atoms with E-state index in [0.29, 0.717) is 0 Å². The third-order valence-corrected chi connectivity index (χ3v) is 0.200. The van der Waals surface area contributed by atoms with E-state index in [0.717, 1.165) is 0 Å². The van der Waals surface area contributed by atoms with Crippen molar-refractivity contribution in [3.05, 3.63) is 105 Å². The van der Waals surface area contributed by atoms with E-state index in [-0.39, 0.29) is 26.4 Å². The molecule has 0 aliphatic heterocycles. The van der Waals surface area contributed by atoms with Gasteiger partial charge in [0.25, 0.3) is 0 Å². The molecule has 0 aromatic rings. The molecule has 148 valence electrons. The van der Waals surface area contributed by atoms with Gasteiger partial charge in [-0.3, -0.25) is 0 Å². The van der Waals surface area contributed by atoms with Gasteiger partial charge in [-0.25, -0.2) is 0 Å². The van der Waals surface area contributed by atoms with Gasteiger partial charge in [-0.1, -0.05) is 0 Å². The lowest BCUT2D eigenvalue weighted by atomic mass is 10.8. The highest BCUT2D eigenvalue weighted by molar-refractivity contribution is 4.23. The topological polar surface area (TPSA) is 80.9 Å². The molecule has 0 rings (SSSR count). The van der Waals surface area contributed by atoms with Crippen molar-refractivity contribution in [2.24, 2.45) is 0 Å². The molecule has 0 radical (unpaired) electrons. The molecule has 0 bridgehead atoms. The van der Waals surface area contributed by atoms with Crippen molar-refractivity contribution in [3.8, 4) is 0 Å². The van der Waals surface area contributed by atoms with Gasteiger partial charge in [0, 0.05) is 0 Å². The molecule has 0 saturated carbocycles. The molecule has 4 N–H and O–H groups in total. The van der Waals surface area contributed by atoms with Gasteiger partial charge in [0.05, 0.1) is 26.4 Å². The molecule has 0 atom stereocenters. The summed E-state index contributed by atoms with van der Waals surface area (Å²) in [4.78, 5) is 0. The molecule has 0 aliphatic rings. The van der Waals surface area contributed by atoms with Gasteiger partial charge in [-0.05, 0) is 0 Å². The van der Waals surface area contributed by atoms with Crippen LogP contribution in [0.2, 0.25) is 0 Å². The molecule has 0 aromatic carbocycles. The molecule has 0 heterocycles. The summed E-state index contributed by atoms with van der Waals surface area (Å²) in [7, 11) is 0. The predicted molar refractivity (Wildman–Crippen MR) is 118 cm³/mol. The maximum absolute atomic E-state index is 7.62.